The van der Waals surface area contributed by atoms with Gasteiger partial charge in [0.15, 0.2) is 0 Å². The van der Waals surface area contributed by atoms with Gasteiger partial charge in [0.2, 0.25) is 0 Å². The number of nitrogens with zero attached hydrogens (tertiary/aromatic N) is 5. The second-order valence-corrected chi connectivity index (χ2v) is 9.82. The molecular formula is C35H21N5. The van der Waals surface area contributed by atoms with Crippen LogP contribution in [0, 0.1) is 11.3 Å². The summed E-state index contributed by atoms with van der Waals surface area (Å²) in [7, 11) is 0. The van der Waals surface area contributed by atoms with E-state index in [0.717, 1.165) is 55.6 Å². The third kappa shape index (κ3) is 3.14. The van der Waals surface area contributed by atoms with E-state index < -0.39 is 0 Å². The van der Waals surface area contributed by atoms with Crippen LogP contribution in [0.3, 0.4) is 0 Å². The molecule has 0 aliphatic carbocycles. The van der Waals surface area contributed by atoms with Gasteiger partial charge in [-0.25, -0.2) is 9.97 Å². The normalized spacial score (nSPS) is 11.5. The van der Waals surface area contributed by atoms with Crippen molar-refractivity contribution in [1.29, 1.82) is 5.26 Å². The molecule has 0 saturated carbocycles. The number of benzene rings is 4. The highest BCUT2D eigenvalue weighted by molar-refractivity contribution is 6.09. The summed E-state index contributed by atoms with van der Waals surface area (Å²) in [5.74, 6) is 0. The fraction of sp³-hybridized carbons (Fsp3) is 0. The second-order valence-electron chi connectivity index (χ2n) is 9.82. The minimum atomic E-state index is 0.596. The van der Waals surface area contributed by atoms with Gasteiger partial charge in [0.1, 0.15) is 11.3 Å². The highest BCUT2D eigenvalue weighted by Gasteiger charge is 2.20. The number of hydrogen-bond acceptors (Lipinski definition) is 3. The van der Waals surface area contributed by atoms with Gasteiger partial charge < -0.3 is 4.57 Å². The fourth-order valence-corrected chi connectivity index (χ4v) is 6.02. The smallest absolute Gasteiger partial charge is 0.146 e. The van der Waals surface area contributed by atoms with Crippen molar-refractivity contribution in [2.45, 2.75) is 0 Å². The topological polar surface area (TPSA) is 59.4 Å². The molecule has 5 nitrogen and oxygen atoms in total. The Morgan fingerprint density at radius 3 is 1.80 bits per heavy atom. The number of nitriles is 1. The summed E-state index contributed by atoms with van der Waals surface area (Å²) < 4.78 is 4.38. The van der Waals surface area contributed by atoms with Crippen molar-refractivity contribution >= 4 is 43.9 Å². The molecule has 0 atom stereocenters. The molecular weight excluding hydrogens is 490 g/mol. The van der Waals surface area contributed by atoms with Crippen LogP contribution in [-0.4, -0.2) is 19.1 Å². The van der Waals surface area contributed by atoms with E-state index in [1.54, 1.807) is 12.4 Å². The van der Waals surface area contributed by atoms with Gasteiger partial charge in [0.25, 0.3) is 0 Å². The van der Waals surface area contributed by atoms with E-state index in [4.69, 9.17) is 9.97 Å². The van der Waals surface area contributed by atoms with Crippen molar-refractivity contribution in [1.82, 2.24) is 19.1 Å². The fourth-order valence-electron chi connectivity index (χ4n) is 6.02. The third-order valence-electron chi connectivity index (χ3n) is 7.66. The maximum absolute atomic E-state index is 10.3. The van der Waals surface area contributed by atoms with E-state index >= 15 is 0 Å². The first kappa shape index (κ1) is 22.3. The Morgan fingerprint density at radius 2 is 1.15 bits per heavy atom. The Labute approximate surface area is 229 Å². The lowest BCUT2D eigenvalue weighted by molar-refractivity contribution is 1.10. The molecule has 186 valence electrons. The van der Waals surface area contributed by atoms with Gasteiger partial charge in [-0.05, 0) is 66.2 Å². The molecule has 0 fully saturated rings. The number of rotatable bonds is 3. The minimum absolute atomic E-state index is 0.596. The zero-order chi connectivity index (χ0) is 26.6. The number of para-hydroxylation sites is 2. The van der Waals surface area contributed by atoms with Crippen molar-refractivity contribution in [3.63, 3.8) is 0 Å². The molecule has 0 aliphatic heterocycles. The standard InChI is InChI=1S/C35H21N5/c36-22-24-10-6-18-32(40-34-28(14-7-19-37-34)29-15-8-20-38-35(29)40)33(24)23-9-5-11-25(21-23)39-30-16-3-1-12-26(30)27-13-2-4-17-31(27)39/h1-21H. The van der Waals surface area contributed by atoms with E-state index in [1.165, 1.54) is 10.8 Å². The lowest BCUT2D eigenvalue weighted by Crippen LogP contribution is -2.02. The van der Waals surface area contributed by atoms with Gasteiger partial charge >= 0.3 is 0 Å². The van der Waals surface area contributed by atoms with Crippen molar-refractivity contribution in [2.75, 3.05) is 0 Å². The van der Waals surface area contributed by atoms with Crippen molar-refractivity contribution < 1.29 is 0 Å². The molecule has 0 aliphatic rings. The van der Waals surface area contributed by atoms with Crippen LogP contribution in [0.1, 0.15) is 5.56 Å². The number of pyridine rings is 2. The molecule has 4 aromatic carbocycles. The van der Waals surface area contributed by atoms with Gasteiger partial charge in [0, 0.05) is 45.2 Å². The van der Waals surface area contributed by atoms with Gasteiger partial charge in [-0.15, -0.1) is 0 Å². The van der Waals surface area contributed by atoms with Crippen LogP contribution >= 0.6 is 0 Å². The van der Waals surface area contributed by atoms with Crippen molar-refractivity contribution in [2.24, 2.45) is 0 Å². The van der Waals surface area contributed by atoms with Gasteiger partial charge in [-0.2, -0.15) is 5.26 Å². The summed E-state index contributed by atoms with van der Waals surface area (Å²) >= 11 is 0. The Morgan fingerprint density at radius 1 is 0.550 bits per heavy atom. The van der Waals surface area contributed by atoms with Crippen LogP contribution < -0.4 is 0 Å². The highest BCUT2D eigenvalue weighted by atomic mass is 15.1. The molecule has 5 heteroatoms. The molecule has 4 aromatic heterocycles. The summed E-state index contributed by atoms with van der Waals surface area (Å²) in [5.41, 5.74) is 8.21. The van der Waals surface area contributed by atoms with Crippen LogP contribution in [0.4, 0.5) is 0 Å². The van der Waals surface area contributed by atoms with Gasteiger partial charge in [-0.3, -0.25) is 4.57 Å². The molecule has 4 heterocycles. The molecule has 0 bridgehead atoms. The predicted octanol–water partition coefficient (Wildman–Crippen LogP) is 8.21. The van der Waals surface area contributed by atoms with E-state index in [-0.39, 0.29) is 0 Å². The van der Waals surface area contributed by atoms with Crippen LogP contribution in [0.25, 0.3) is 66.4 Å². The van der Waals surface area contributed by atoms with Crippen molar-refractivity contribution in [3.8, 4) is 28.6 Å². The van der Waals surface area contributed by atoms with E-state index in [9.17, 15) is 5.26 Å². The van der Waals surface area contributed by atoms with E-state index in [2.05, 4.69) is 100 Å². The zero-order valence-electron chi connectivity index (χ0n) is 21.4. The Bertz CT molecular complexity index is 2190. The SMILES string of the molecule is N#Cc1cccc(-n2c3ncccc3c3cccnc32)c1-c1cccc(-n2c3ccccc3c3ccccc32)c1. The molecule has 8 aromatic rings. The lowest BCUT2D eigenvalue weighted by Gasteiger charge is -2.16. The monoisotopic (exact) mass is 511 g/mol. The first-order valence-electron chi connectivity index (χ1n) is 13.2. The molecule has 0 N–H and O–H groups in total. The molecule has 0 unspecified atom stereocenters. The van der Waals surface area contributed by atoms with Gasteiger partial charge in [-0.1, -0.05) is 54.6 Å². The Balaban J connectivity index is 1.43. The molecule has 8 rings (SSSR count). The second kappa shape index (κ2) is 8.65. The molecule has 0 saturated heterocycles. The van der Waals surface area contributed by atoms with E-state index in [0.29, 0.717) is 5.56 Å². The summed E-state index contributed by atoms with van der Waals surface area (Å²) in [6.45, 7) is 0. The first-order valence-corrected chi connectivity index (χ1v) is 13.2. The molecule has 0 amide bonds. The lowest BCUT2D eigenvalue weighted by atomic mass is 9.97. The average molecular weight is 512 g/mol. The summed E-state index contributed by atoms with van der Waals surface area (Å²) in [6.07, 6.45) is 3.60. The summed E-state index contributed by atoms with van der Waals surface area (Å²) in [4.78, 5) is 9.49. The Kier molecular flexibility index (Phi) is 4.82. The number of hydrogen-bond donors (Lipinski definition) is 0. The summed E-state index contributed by atoms with van der Waals surface area (Å²) in [6, 6.07) is 41.7. The average Bonchev–Trinajstić information content (AvgIpc) is 3.54. The van der Waals surface area contributed by atoms with E-state index in [1.807, 2.05) is 30.3 Å². The maximum Gasteiger partial charge on any atom is 0.146 e. The van der Waals surface area contributed by atoms with Crippen LogP contribution in [0.5, 0.6) is 0 Å². The van der Waals surface area contributed by atoms with Crippen LogP contribution in [-0.2, 0) is 0 Å². The first-order chi connectivity index (χ1) is 19.8. The summed E-state index contributed by atoms with van der Waals surface area (Å²) in [5, 5.41) is 14.7. The van der Waals surface area contributed by atoms with Gasteiger partial charge in [0.05, 0.1) is 28.4 Å². The van der Waals surface area contributed by atoms with Crippen molar-refractivity contribution in [3.05, 3.63) is 133 Å². The number of fused-ring (bicyclic) bond motifs is 6. The Hall–Kier alpha value is -5.73. The molecule has 0 radical (unpaired) electrons. The molecule has 40 heavy (non-hydrogen) atoms. The predicted molar refractivity (Wildman–Crippen MR) is 161 cm³/mol. The van der Waals surface area contributed by atoms with Crippen LogP contribution in [0.2, 0.25) is 0 Å². The zero-order valence-corrected chi connectivity index (χ0v) is 21.4. The quantitative estimate of drug-likeness (QED) is 0.240. The molecule has 0 spiro atoms. The maximum atomic E-state index is 10.3. The largest absolute Gasteiger partial charge is 0.309 e. The number of aromatic nitrogens is 4. The van der Waals surface area contributed by atoms with Crippen LogP contribution in [0.15, 0.2) is 128 Å². The highest BCUT2D eigenvalue weighted by Crippen LogP contribution is 2.38. The minimum Gasteiger partial charge on any atom is -0.309 e. The third-order valence-corrected chi connectivity index (χ3v) is 7.66.